The first-order chi connectivity index (χ1) is 10.8. The van der Waals surface area contributed by atoms with Gasteiger partial charge in [0.2, 0.25) is 6.79 Å². The van der Waals surface area contributed by atoms with E-state index in [9.17, 15) is 23.1 Å². The molecule has 126 valence electrons. The van der Waals surface area contributed by atoms with Crippen LogP contribution in [0.2, 0.25) is 0 Å². The zero-order chi connectivity index (χ0) is 16.6. The lowest BCUT2D eigenvalue weighted by molar-refractivity contribution is -0.183. The highest BCUT2D eigenvalue weighted by Crippen LogP contribution is 2.39. The molecule has 2 aliphatic rings. The number of phenolic OH excluding ortho intramolecular Hbond substituents is 1. The van der Waals surface area contributed by atoms with E-state index >= 15 is 0 Å². The lowest BCUT2D eigenvalue weighted by atomic mass is 9.85. The molecule has 8 heteroatoms. The Morgan fingerprint density at radius 1 is 1.22 bits per heavy atom. The average Bonchev–Trinajstić information content (AvgIpc) is 2.92. The van der Waals surface area contributed by atoms with Crippen LogP contribution in [0.4, 0.5) is 13.2 Å². The lowest BCUT2D eigenvalue weighted by Gasteiger charge is -2.31. The van der Waals surface area contributed by atoms with Crippen LogP contribution in [0.15, 0.2) is 12.1 Å². The minimum atomic E-state index is -4.25. The Labute approximate surface area is 130 Å². The largest absolute Gasteiger partial charge is 0.507 e. The minimum absolute atomic E-state index is 0.00423. The zero-order valence-corrected chi connectivity index (χ0v) is 12.2. The summed E-state index contributed by atoms with van der Waals surface area (Å²) in [5.74, 6) is -1.66. The van der Waals surface area contributed by atoms with Gasteiger partial charge in [0, 0.05) is 18.2 Å². The molecule has 2 unspecified atom stereocenters. The molecule has 23 heavy (non-hydrogen) atoms. The summed E-state index contributed by atoms with van der Waals surface area (Å²) in [5.41, 5.74) is -0.0385. The molecule has 0 aromatic heterocycles. The van der Waals surface area contributed by atoms with Crippen molar-refractivity contribution in [1.82, 2.24) is 5.32 Å². The number of hydrogen-bond acceptors (Lipinski definition) is 4. The molecule has 5 nitrogen and oxygen atoms in total. The maximum atomic E-state index is 12.8. The smallest absolute Gasteiger partial charge is 0.391 e. The Bertz CT molecular complexity index is 617. The molecular weight excluding hydrogens is 315 g/mol. The van der Waals surface area contributed by atoms with Gasteiger partial charge in [-0.25, -0.2) is 0 Å². The van der Waals surface area contributed by atoms with Crippen molar-refractivity contribution in [2.45, 2.75) is 37.9 Å². The number of amides is 1. The van der Waals surface area contributed by atoms with Gasteiger partial charge in [-0.3, -0.25) is 4.79 Å². The van der Waals surface area contributed by atoms with Crippen LogP contribution in [0.1, 0.15) is 36.0 Å². The maximum Gasteiger partial charge on any atom is 0.391 e. The third-order valence-corrected chi connectivity index (χ3v) is 4.21. The van der Waals surface area contributed by atoms with Gasteiger partial charge in [0.05, 0.1) is 11.5 Å². The summed E-state index contributed by atoms with van der Waals surface area (Å²) in [6, 6.07) is 2.03. The summed E-state index contributed by atoms with van der Waals surface area (Å²) in [6.45, 7) is -0.00423. The lowest BCUT2D eigenvalue weighted by Crippen LogP contribution is -2.41. The molecule has 1 fully saturated rings. The van der Waals surface area contributed by atoms with Gasteiger partial charge in [0.1, 0.15) is 5.75 Å². The molecule has 2 N–H and O–H groups in total. The predicted octanol–water partition coefficient (Wildman–Crippen LogP) is 2.97. The Morgan fingerprint density at radius 2 is 1.91 bits per heavy atom. The van der Waals surface area contributed by atoms with Crippen LogP contribution >= 0.6 is 0 Å². The summed E-state index contributed by atoms with van der Waals surface area (Å²) in [7, 11) is 0. The predicted molar refractivity (Wildman–Crippen MR) is 73.5 cm³/mol. The van der Waals surface area contributed by atoms with Crippen molar-refractivity contribution in [2.24, 2.45) is 5.92 Å². The molecule has 1 aliphatic heterocycles. The number of halogens is 3. The average molecular weight is 331 g/mol. The van der Waals surface area contributed by atoms with E-state index in [1.165, 1.54) is 12.1 Å². The number of nitrogens with one attached hydrogen (secondary N) is 1. The molecule has 0 spiro atoms. The molecular formula is C15H16F3NO4. The summed E-state index contributed by atoms with van der Waals surface area (Å²) < 4.78 is 48.6. The Balaban J connectivity index is 1.70. The van der Waals surface area contributed by atoms with Crippen molar-refractivity contribution in [3.8, 4) is 17.2 Å². The Hall–Kier alpha value is -2.12. The summed E-state index contributed by atoms with van der Waals surface area (Å²) in [4.78, 5) is 12.2. The second kappa shape index (κ2) is 5.82. The van der Waals surface area contributed by atoms with Crippen LogP contribution in [0.5, 0.6) is 17.2 Å². The number of carbonyl (C=O) groups excluding carboxylic acids is 1. The molecule has 1 heterocycles. The van der Waals surface area contributed by atoms with E-state index < -0.39 is 24.0 Å². The minimum Gasteiger partial charge on any atom is -0.507 e. The van der Waals surface area contributed by atoms with Gasteiger partial charge in [-0.05, 0) is 19.3 Å². The van der Waals surface area contributed by atoms with E-state index in [1.807, 2.05) is 0 Å². The number of benzene rings is 1. The summed E-state index contributed by atoms with van der Waals surface area (Å²) in [5, 5.41) is 12.5. The number of rotatable bonds is 2. The Morgan fingerprint density at radius 3 is 2.61 bits per heavy atom. The quantitative estimate of drug-likeness (QED) is 0.874. The second-order valence-corrected chi connectivity index (χ2v) is 5.80. The highest BCUT2D eigenvalue weighted by atomic mass is 19.4. The maximum absolute atomic E-state index is 12.8. The molecule has 0 radical (unpaired) electrons. The number of ether oxygens (including phenoxy) is 2. The van der Waals surface area contributed by atoms with Crippen molar-refractivity contribution in [3.63, 3.8) is 0 Å². The number of fused-ring (bicyclic) bond motifs is 1. The van der Waals surface area contributed by atoms with E-state index in [2.05, 4.69) is 5.32 Å². The van der Waals surface area contributed by atoms with Crippen LogP contribution in [0.3, 0.4) is 0 Å². The molecule has 0 saturated heterocycles. The van der Waals surface area contributed by atoms with Crippen LogP contribution in [-0.2, 0) is 0 Å². The van der Waals surface area contributed by atoms with Crippen molar-refractivity contribution in [1.29, 1.82) is 0 Å². The van der Waals surface area contributed by atoms with Crippen molar-refractivity contribution < 1.29 is 32.5 Å². The summed E-state index contributed by atoms with van der Waals surface area (Å²) in [6.07, 6.45) is -3.40. The van der Waals surface area contributed by atoms with Crippen LogP contribution < -0.4 is 14.8 Å². The van der Waals surface area contributed by atoms with Crippen molar-refractivity contribution >= 4 is 5.91 Å². The number of carbonyl (C=O) groups is 1. The molecule has 3 rings (SSSR count). The highest BCUT2D eigenvalue weighted by molar-refractivity contribution is 5.97. The van der Waals surface area contributed by atoms with Crippen LogP contribution in [0.25, 0.3) is 0 Å². The fourth-order valence-corrected chi connectivity index (χ4v) is 2.99. The number of alkyl halides is 3. The fourth-order valence-electron chi connectivity index (χ4n) is 2.99. The van der Waals surface area contributed by atoms with Gasteiger partial charge < -0.3 is 19.9 Å². The van der Waals surface area contributed by atoms with Gasteiger partial charge in [0.15, 0.2) is 11.5 Å². The van der Waals surface area contributed by atoms with Gasteiger partial charge in [0.25, 0.3) is 5.91 Å². The normalized spacial score (nSPS) is 23.6. The van der Waals surface area contributed by atoms with Gasteiger partial charge >= 0.3 is 6.18 Å². The SMILES string of the molecule is O=C(NC1CCCC(C(F)(F)F)C1)c1cc2c(cc1O)OCO2. The fraction of sp³-hybridized carbons (Fsp3) is 0.533. The van der Waals surface area contributed by atoms with Gasteiger partial charge in [-0.1, -0.05) is 6.42 Å². The first kappa shape index (κ1) is 15.8. The highest BCUT2D eigenvalue weighted by Gasteiger charge is 2.42. The molecule has 1 aromatic rings. The van der Waals surface area contributed by atoms with E-state index in [0.717, 1.165) is 0 Å². The van der Waals surface area contributed by atoms with Crippen molar-refractivity contribution in [2.75, 3.05) is 6.79 Å². The number of hydrogen-bond donors (Lipinski definition) is 2. The monoisotopic (exact) mass is 331 g/mol. The molecule has 1 aromatic carbocycles. The third kappa shape index (κ3) is 3.30. The number of phenols is 1. The molecule has 1 aliphatic carbocycles. The zero-order valence-electron chi connectivity index (χ0n) is 12.2. The molecule has 1 saturated carbocycles. The molecule has 0 bridgehead atoms. The first-order valence-electron chi connectivity index (χ1n) is 7.35. The first-order valence-corrected chi connectivity index (χ1v) is 7.35. The summed E-state index contributed by atoms with van der Waals surface area (Å²) >= 11 is 0. The van der Waals surface area contributed by atoms with E-state index in [-0.39, 0.29) is 30.9 Å². The van der Waals surface area contributed by atoms with E-state index in [0.29, 0.717) is 24.3 Å². The van der Waals surface area contributed by atoms with Crippen LogP contribution in [0, 0.1) is 5.92 Å². The van der Waals surface area contributed by atoms with Gasteiger partial charge in [-0.15, -0.1) is 0 Å². The third-order valence-electron chi connectivity index (χ3n) is 4.21. The van der Waals surface area contributed by atoms with Crippen LogP contribution in [-0.4, -0.2) is 30.0 Å². The van der Waals surface area contributed by atoms with E-state index in [4.69, 9.17) is 9.47 Å². The topological polar surface area (TPSA) is 67.8 Å². The van der Waals surface area contributed by atoms with Crippen molar-refractivity contribution in [3.05, 3.63) is 17.7 Å². The van der Waals surface area contributed by atoms with E-state index in [1.54, 1.807) is 0 Å². The Kier molecular flexibility index (Phi) is 3.99. The second-order valence-electron chi connectivity index (χ2n) is 5.80. The molecule has 1 amide bonds. The number of aromatic hydroxyl groups is 1. The van der Waals surface area contributed by atoms with Gasteiger partial charge in [-0.2, -0.15) is 13.2 Å². The molecule has 2 atom stereocenters. The standard InChI is InChI=1S/C15H16F3NO4/c16-15(17,18)8-2-1-3-9(4-8)19-14(21)10-5-12-13(6-11(10)20)23-7-22-12/h5-6,8-9,20H,1-4,7H2,(H,19,21).